The van der Waals surface area contributed by atoms with Crippen LogP contribution in [0.5, 0.6) is 5.75 Å². The lowest BCUT2D eigenvalue weighted by atomic mass is 10.1. The molecule has 1 aliphatic rings. The number of hydrogen-bond donors (Lipinski definition) is 2. The van der Waals surface area contributed by atoms with Gasteiger partial charge in [-0.15, -0.1) is 0 Å². The van der Waals surface area contributed by atoms with Crippen LogP contribution < -0.4 is 15.4 Å². The molecular formula is C14H18N2O4. The molecule has 2 atom stereocenters. The predicted molar refractivity (Wildman–Crippen MR) is 73.6 cm³/mol. The number of anilines is 1. The summed E-state index contributed by atoms with van der Waals surface area (Å²) in [6.07, 6.45) is -0.159. The Kier molecular flexibility index (Phi) is 3.94. The molecule has 0 aliphatic carbocycles. The Morgan fingerprint density at radius 3 is 2.80 bits per heavy atom. The van der Waals surface area contributed by atoms with Gasteiger partial charge in [0.05, 0.1) is 5.69 Å². The van der Waals surface area contributed by atoms with Crippen LogP contribution >= 0.6 is 0 Å². The quantitative estimate of drug-likeness (QED) is 0.861. The highest BCUT2D eigenvalue weighted by Crippen LogP contribution is 2.36. The highest BCUT2D eigenvalue weighted by Gasteiger charge is 2.38. The third-order valence-corrected chi connectivity index (χ3v) is 3.42. The second kappa shape index (κ2) is 5.50. The zero-order valence-electron chi connectivity index (χ0n) is 11.5. The van der Waals surface area contributed by atoms with Crippen molar-refractivity contribution in [3.63, 3.8) is 0 Å². The molecule has 1 aromatic carbocycles. The van der Waals surface area contributed by atoms with E-state index < -0.39 is 18.1 Å². The molecule has 0 fully saturated rings. The van der Waals surface area contributed by atoms with Crippen LogP contribution in [0.1, 0.15) is 25.8 Å². The molecule has 0 bridgehead atoms. The first-order chi connectivity index (χ1) is 9.49. The van der Waals surface area contributed by atoms with Crippen molar-refractivity contribution in [3.05, 3.63) is 23.8 Å². The van der Waals surface area contributed by atoms with E-state index >= 15 is 0 Å². The maximum Gasteiger partial charge on any atom is 0.326 e. The highest BCUT2D eigenvalue weighted by molar-refractivity contribution is 6.04. The number of carboxylic acids is 1. The monoisotopic (exact) mass is 278 g/mol. The lowest BCUT2D eigenvalue weighted by Crippen LogP contribution is -2.52. The summed E-state index contributed by atoms with van der Waals surface area (Å²) in [5, 5.41) is 9.20. The number of fused-ring (bicyclic) bond motifs is 1. The molecule has 1 heterocycles. The number of carbonyl (C=O) groups is 2. The molecule has 0 radical (unpaired) electrons. The number of nitrogens with two attached hydrogens (primary N) is 1. The maximum atomic E-state index is 12.4. The first-order valence-corrected chi connectivity index (χ1v) is 6.55. The number of amides is 1. The summed E-state index contributed by atoms with van der Waals surface area (Å²) in [5.41, 5.74) is 6.88. The van der Waals surface area contributed by atoms with Crippen molar-refractivity contribution in [2.45, 2.75) is 39.0 Å². The minimum Gasteiger partial charge on any atom is -0.480 e. The van der Waals surface area contributed by atoms with Gasteiger partial charge in [-0.05, 0) is 31.0 Å². The van der Waals surface area contributed by atoms with Crippen molar-refractivity contribution in [2.75, 3.05) is 4.90 Å². The summed E-state index contributed by atoms with van der Waals surface area (Å²) in [4.78, 5) is 24.9. The van der Waals surface area contributed by atoms with E-state index in [4.69, 9.17) is 10.5 Å². The van der Waals surface area contributed by atoms with Gasteiger partial charge in [0.1, 0.15) is 11.8 Å². The normalized spacial score (nSPS) is 19.2. The first-order valence-electron chi connectivity index (χ1n) is 6.55. The molecular weight excluding hydrogens is 260 g/mol. The van der Waals surface area contributed by atoms with Gasteiger partial charge >= 0.3 is 5.97 Å². The predicted octanol–water partition coefficient (Wildman–Crippen LogP) is 1.12. The molecule has 1 amide bonds. The number of hydrogen-bond acceptors (Lipinski definition) is 4. The number of carboxylic acid groups (broad SMARTS) is 1. The summed E-state index contributed by atoms with van der Waals surface area (Å²) >= 11 is 0. The third kappa shape index (κ3) is 2.34. The molecule has 20 heavy (non-hydrogen) atoms. The lowest BCUT2D eigenvalue weighted by molar-refractivity contribution is -0.140. The van der Waals surface area contributed by atoms with E-state index in [1.165, 1.54) is 11.8 Å². The molecule has 1 aliphatic heterocycles. The molecule has 3 N–H and O–H groups in total. The number of rotatable bonds is 4. The highest BCUT2D eigenvalue weighted by atomic mass is 16.5. The van der Waals surface area contributed by atoms with Crippen molar-refractivity contribution < 1.29 is 19.4 Å². The summed E-state index contributed by atoms with van der Waals surface area (Å²) in [6, 6.07) is 4.30. The van der Waals surface area contributed by atoms with Crippen LogP contribution in [-0.4, -0.2) is 29.1 Å². The van der Waals surface area contributed by atoms with E-state index in [0.29, 0.717) is 24.4 Å². The van der Waals surface area contributed by atoms with Gasteiger partial charge in [-0.2, -0.15) is 0 Å². The van der Waals surface area contributed by atoms with E-state index in [2.05, 4.69) is 0 Å². The molecule has 0 saturated carbocycles. The Bertz CT molecular complexity index is 544. The van der Waals surface area contributed by atoms with Gasteiger partial charge < -0.3 is 15.6 Å². The number of benzene rings is 1. The Balaban J connectivity index is 2.53. The molecule has 0 aromatic heterocycles. The Hall–Kier alpha value is -2.08. The first kappa shape index (κ1) is 14.3. The lowest BCUT2D eigenvalue weighted by Gasteiger charge is -2.36. The number of carbonyl (C=O) groups excluding carboxylic acids is 1. The van der Waals surface area contributed by atoms with Crippen molar-refractivity contribution in [1.82, 2.24) is 0 Å². The Labute approximate surface area is 117 Å². The van der Waals surface area contributed by atoms with Gasteiger partial charge in [0, 0.05) is 6.54 Å². The summed E-state index contributed by atoms with van der Waals surface area (Å²) < 4.78 is 5.63. The fraction of sp³-hybridized carbons (Fsp3) is 0.429. The van der Waals surface area contributed by atoms with Crippen molar-refractivity contribution in [3.8, 4) is 5.75 Å². The molecule has 1 aromatic rings. The zero-order chi connectivity index (χ0) is 14.9. The van der Waals surface area contributed by atoms with Crippen LogP contribution in [0.3, 0.4) is 0 Å². The van der Waals surface area contributed by atoms with Gasteiger partial charge in [0.25, 0.3) is 5.91 Å². The molecule has 6 nitrogen and oxygen atoms in total. The Morgan fingerprint density at radius 1 is 1.55 bits per heavy atom. The molecule has 6 heteroatoms. The maximum absolute atomic E-state index is 12.4. The molecule has 0 saturated heterocycles. The Morgan fingerprint density at radius 2 is 2.25 bits per heavy atom. The van der Waals surface area contributed by atoms with Crippen LogP contribution in [-0.2, 0) is 16.1 Å². The minimum absolute atomic E-state index is 0.313. The van der Waals surface area contributed by atoms with Gasteiger partial charge in [-0.3, -0.25) is 9.69 Å². The summed E-state index contributed by atoms with van der Waals surface area (Å²) in [5.74, 6) is -0.870. The second-order valence-corrected chi connectivity index (χ2v) is 4.74. The van der Waals surface area contributed by atoms with E-state index in [9.17, 15) is 14.7 Å². The number of ether oxygens (including phenoxy) is 1. The van der Waals surface area contributed by atoms with E-state index in [-0.39, 0.29) is 5.91 Å². The molecule has 108 valence electrons. The van der Waals surface area contributed by atoms with Gasteiger partial charge in [0.2, 0.25) is 0 Å². The molecule has 2 unspecified atom stereocenters. The fourth-order valence-electron chi connectivity index (χ4n) is 2.22. The smallest absolute Gasteiger partial charge is 0.326 e. The van der Waals surface area contributed by atoms with Crippen LogP contribution in [0.4, 0.5) is 5.69 Å². The fourth-order valence-corrected chi connectivity index (χ4v) is 2.22. The van der Waals surface area contributed by atoms with Crippen LogP contribution in [0.15, 0.2) is 18.2 Å². The minimum atomic E-state index is -1.06. The largest absolute Gasteiger partial charge is 0.480 e. The average molecular weight is 278 g/mol. The zero-order valence-corrected chi connectivity index (χ0v) is 11.5. The van der Waals surface area contributed by atoms with E-state index in [1.54, 1.807) is 12.1 Å². The van der Waals surface area contributed by atoms with Crippen LogP contribution in [0.25, 0.3) is 0 Å². The van der Waals surface area contributed by atoms with Crippen LogP contribution in [0, 0.1) is 0 Å². The second-order valence-electron chi connectivity index (χ2n) is 4.74. The summed E-state index contributed by atoms with van der Waals surface area (Å²) in [6.45, 7) is 3.62. The van der Waals surface area contributed by atoms with Crippen molar-refractivity contribution in [2.24, 2.45) is 5.73 Å². The van der Waals surface area contributed by atoms with Gasteiger partial charge in [0.15, 0.2) is 6.10 Å². The van der Waals surface area contributed by atoms with E-state index in [0.717, 1.165) is 5.56 Å². The molecule has 2 rings (SSSR count). The standard InChI is InChI=1S/C14H18N2O4/c1-3-11-13(17)16(8(2)14(18)19)10-6-9(7-15)4-5-12(10)20-11/h4-6,8,11H,3,7,15H2,1-2H3,(H,18,19). The molecule has 0 spiro atoms. The van der Waals surface area contributed by atoms with Gasteiger partial charge in [-0.25, -0.2) is 4.79 Å². The van der Waals surface area contributed by atoms with Crippen molar-refractivity contribution in [1.29, 1.82) is 0 Å². The average Bonchev–Trinajstić information content (AvgIpc) is 2.45. The topological polar surface area (TPSA) is 92.9 Å². The third-order valence-electron chi connectivity index (χ3n) is 3.42. The SMILES string of the molecule is CCC1Oc2ccc(CN)cc2N(C(C)C(=O)O)C1=O. The van der Waals surface area contributed by atoms with Gasteiger partial charge in [-0.1, -0.05) is 13.0 Å². The van der Waals surface area contributed by atoms with Crippen LogP contribution in [0.2, 0.25) is 0 Å². The summed E-state index contributed by atoms with van der Waals surface area (Å²) in [7, 11) is 0. The van der Waals surface area contributed by atoms with E-state index in [1.807, 2.05) is 13.0 Å². The van der Waals surface area contributed by atoms with Crippen molar-refractivity contribution >= 4 is 17.6 Å². The number of aliphatic carboxylic acids is 1. The number of nitrogens with zero attached hydrogens (tertiary/aromatic N) is 1.